The van der Waals surface area contributed by atoms with Crippen LogP contribution in [0, 0.1) is 6.92 Å². The first-order valence-corrected chi connectivity index (χ1v) is 8.62. The quantitative estimate of drug-likeness (QED) is 0.857. The largest absolute Gasteiger partial charge is 0.241 e. The first-order chi connectivity index (χ1) is 9.89. The minimum Gasteiger partial charge on any atom is -0.207 e. The topological polar surface area (TPSA) is 46.2 Å². The van der Waals surface area contributed by atoms with Crippen molar-refractivity contribution in [1.82, 2.24) is 4.72 Å². The van der Waals surface area contributed by atoms with E-state index in [2.05, 4.69) is 4.72 Å². The zero-order valence-corrected chi connectivity index (χ0v) is 13.6. The third-order valence-electron chi connectivity index (χ3n) is 3.42. The van der Waals surface area contributed by atoms with Gasteiger partial charge in [-0.1, -0.05) is 48.5 Å². The Morgan fingerprint density at radius 1 is 1.05 bits per heavy atom. The molecule has 3 nitrogen and oxygen atoms in total. The second kappa shape index (κ2) is 6.18. The molecule has 0 saturated heterocycles. The van der Waals surface area contributed by atoms with Crippen molar-refractivity contribution in [2.24, 2.45) is 0 Å². The molecule has 1 atom stereocenters. The van der Waals surface area contributed by atoms with Gasteiger partial charge in [0.25, 0.3) is 0 Å². The number of hydrogen-bond donors (Lipinski definition) is 1. The molecule has 2 aromatic carbocycles. The second-order valence-electron chi connectivity index (χ2n) is 5.20. The van der Waals surface area contributed by atoms with Crippen LogP contribution in [0.4, 0.5) is 0 Å². The Hall–Kier alpha value is -1.36. The van der Waals surface area contributed by atoms with Gasteiger partial charge in [-0.2, -0.15) is 4.72 Å². The summed E-state index contributed by atoms with van der Waals surface area (Å²) in [6.45, 7) is 3.56. The van der Waals surface area contributed by atoms with Crippen molar-refractivity contribution >= 4 is 21.6 Å². The van der Waals surface area contributed by atoms with Gasteiger partial charge in [0, 0.05) is 5.88 Å². The predicted octanol–water partition coefficient (Wildman–Crippen LogP) is 3.43. The minimum atomic E-state index is -3.64. The summed E-state index contributed by atoms with van der Waals surface area (Å²) in [5, 5.41) is 0. The average molecular weight is 324 g/mol. The van der Waals surface area contributed by atoms with Gasteiger partial charge in [-0.05, 0) is 31.0 Å². The molecule has 1 unspecified atom stereocenters. The Labute approximate surface area is 131 Å². The van der Waals surface area contributed by atoms with Gasteiger partial charge in [-0.15, -0.1) is 11.6 Å². The molecule has 21 heavy (non-hydrogen) atoms. The molecule has 5 heteroatoms. The van der Waals surface area contributed by atoms with Crippen molar-refractivity contribution in [1.29, 1.82) is 0 Å². The third-order valence-corrected chi connectivity index (χ3v) is 5.71. The molecule has 112 valence electrons. The molecule has 0 aliphatic carbocycles. The number of aryl methyl sites for hydroxylation is 1. The smallest absolute Gasteiger partial charge is 0.207 e. The van der Waals surface area contributed by atoms with E-state index in [4.69, 9.17) is 11.6 Å². The Morgan fingerprint density at radius 2 is 1.62 bits per heavy atom. The van der Waals surface area contributed by atoms with Crippen LogP contribution in [0.1, 0.15) is 18.1 Å². The van der Waals surface area contributed by atoms with E-state index in [9.17, 15) is 8.42 Å². The molecule has 0 fully saturated rings. The molecule has 0 aliphatic rings. The lowest BCUT2D eigenvalue weighted by molar-refractivity contribution is 0.477. The van der Waals surface area contributed by atoms with Crippen molar-refractivity contribution in [3.8, 4) is 0 Å². The molecule has 2 aromatic rings. The third kappa shape index (κ3) is 3.46. The lowest BCUT2D eigenvalue weighted by Gasteiger charge is -2.29. The summed E-state index contributed by atoms with van der Waals surface area (Å²) < 4.78 is 28.0. The highest BCUT2D eigenvalue weighted by Gasteiger charge is 2.32. The standard InChI is InChI=1S/C16H18ClNO2S/c1-13-8-6-7-11-15(13)21(19,20)18-16(2,12-17)14-9-4-3-5-10-14/h3-11,18H,12H2,1-2H3. The summed E-state index contributed by atoms with van der Waals surface area (Å²) in [7, 11) is -3.64. The highest BCUT2D eigenvalue weighted by atomic mass is 35.5. The molecule has 0 radical (unpaired) electrons. The van der Waals surface area contributed by atoms with Gasteiger partial charge in [0.2, 0.25) is 10.0 Å². The fourth-order valence-corrected chi connectivity index (χ4v) is 4.12. The van der Waals surface area contributed by atoms with Gasteiger partial charge >= 0.3 is 0 Å². The van der Waals surface area contributed by atoms with E-state index in [0.29, 0.717) is 5.56 Å². The van der Waals surface area contributed by atoms with E-state index >= 15 is 0 Å². The maximum atomic E-state index is 12.6. The Balaban J connectivity index is 2.41. The van der Waals surface area contributed by atoms with Crippen LogP contribution in [0.3, 0.4) is 0 Å². The van der Waals surface area contributed by atoms with Crippen LogP contribution in [-0.4, -0.2) is 14.3 Å². The van der Waals surface area contributed by atoms with E-state index < -0.39 is 15.6 Å². The number of alkyl halides is 1. The summed E-state index contributed by atoms with van der Waals surface area (Å²) >= 11 is 6.05. The monoisotopic (exact) mass is 323 g/mol. The normalized spacial score (nSPS) is 14.6. The molecule has 0 saturated carbocycles. The summed E-state index contributed by atoms with van der Waals surface area (Å²) in [6.07, 6.45) is 0. The van der Waals surface area contributed by atoms with Gasteiger partial charge in [0.15, 0.2) is 0 Å². The Morgan fingerprint density at radius 3 is 2.19 bits per heavy atom. The fourth-order valence-electron chi connectivity index (χ4n) is 2.18. The summed E-state index contributed by atoms with van der Waals surface area (Å²) in [6, 6.07) is 16.2. The lowest BCUT2D eigenvalue weighted by atomic mass is 9.96. The van der Waals surface area contributed by atoms with Crippen LogP contribution in [-0.2, 0) is 15.6 Å². The first kappa shape index (κ1) is 16.0. The molecule has 1 N–H and O–H groups in total. The fraction of sp³-hybridized carbons (Fsp3) is 0.250. The van der Waals surface area contributed by atoms with Crippen LogP contribution in [0.25, 0.3) is 0 Å². The number of rotatable bonds is 5. The van der Waals surface area contributed by atoms with E-state index in [0.717, 1.165) is 5.56 Å². The maximum absolute atomic E-state index is 12.6. The number of benzene rings is 2. The van der Waals surface area contributed by atoms with E-state index in [1.54, 1.807) is 32.0 Å². The average Bonchev–Trinajstić information content (AvgIpc) is 2.48. The van der Waals surface area contributed by atoms with Crippen LogP contribution >= 0.6 is 11.6 Å². The van der Waals surface area contributed by atoms with Gasteiger partial charge < -0.3 is 0 Å². The number of nitrogens with one attached hydrogen (secondary N) is 1. The SMILES string of the molecule is Cc1ccccc1S(=O)(=O)NC(C)(CCl)c1ccccc1. The van der Waals surface area contributed by atoms with Crippen molar-refractivity contribution in [2.75, 3.05) is 5.88 Å². The van der Waals surface area contributed by atoms with Crippen molar-refractivity contribution in [2.45, 2.75) is 24.3 Å². The Kier molecular flexibility index (Phi) is 4.71. The predicted molar refractivity (Wildman–Crippen MR) is 86.0 cm³/mol. The van der Waals surface area contributed by atoms with Gasteiger partial charge in [0.05, 0.1) is 10.4 Å². The lowest BCUT2D eigenvalue weighted by Crippen LogP contribution is -2.45. The van der Waals surface area contributed by atoms with Gasteiger partial charge in [-0.3, -0.25) is 0 Å². The first-order valence-electron chi connectivity index (χ1n) is 6.60. The van der Waals surface area contributed by atoms with Crippen LogP contribution in [0.15, 0.2) is 59.5 Å². The number of hydrogen-bond acceptors (Lipinski definition) is 2. The summed E-state index contributed by atoms with van der Waals surface area (Å²) in [5.41, 5.74) is 0.677. The molecule has 0 heterocycles. The van der Waals surface area contributed by atoms with Crippen molar-refractivity contribution < 1.29 is 8.42 Å². The zero-order valence-electron chi connectivity index (χ0n) is 12.0. The van der Waals surface area contributed by atoms with Crippen LogP contribution in [0.2, 0.25) is 0 Å². The van der Waals surface area contributed by atoms with Gasteiger partial charge in [-0.25, -0.2) is 8.42 Å². The van der Waals surface area contributed by atoms with E-state index in [1.165, 1.54) is 0 Å². The molecule has 2 rings (SSSR count). The van der Waals surface area contributed by atoms with Crippen LogP contribution < -0.4 is 4.72 Å². The minimum absolute atomic E-state index is 0.141. The maximum Gasteiger partial charge on any atom is 0.241 e. The molecule has 0 amide bonds. The number of sulfonamides is 1. The van der Waals surface area contributed by atoms with Crippen molar-refractivity contribution in [3.05, 3.63) is 65.7 Å². The highest BCUT2D eigenvalue weighted by molar-refractivity contribution is 7.89. The van der Waals surface area contributed by atoms with Crippen molar-refractivity contribution in [3.63, 3.8) is 0 Å². The Bertz CT molecular complexity index is 716. The summed E-state index contributed by atoms with van der Waals surface area (Å²) in [4.78, 5) is 0.275. The molecular formula is C16H18ClNO2S. The molecule has 0 spiro atoms. The second-order valence-corrected chi connectivity index (χ2v) is 7.12. The summed E-state index contributed by atoms with van der Waals surface area (Å²) in [5.74, 6) is 0.141. The molecule has 0 bridgehead atoms. The highest BCUT2D eigenvalue weighted by Crippen LogP contribution is 2.26. The number of halogens is 1. The molecular weight excluding hydrogens is 306 g/mol. The molecule has 0 aromatic heterocycles. The zero-order chi connectivity index (χ0) is 15.5. The van der Waals surface area contributed by atoms with Crippen LogP contribution in [0.5, 0.6) is 0 Å². The van der Waals surface area contributed by atoms with E-state index in [-0.39, 0.29) is 10.8 Å². The van der Waals surface area contributed by atoms with E-state index in [1.807, 2.05) is 36.4 Å². The van der Waals surface area contributed by atoms with Gasteiger partial charge in [0.1, 0.15) is 0 Å². The molecule has 0 aliphatic heterocycles.